The highest BCUT2D eigenvalue weighted by molar-refractivity contribution is 7.12. The Morgan fingerprint density at radius 1 is 1.26 bits per heavy atom. The van der Waals surface area contributed by atoms with Crippen LogP contribution < -0.4 is 5.32 Å². The molecule has 1 heterocycles. The van der Waals surface area contributed by atoms with Crippen LogP contribution in [-0.2, 0) is 0 Å². The molecule has 0 fully saturated rings. The number of aryl methyl sites for hydroxylation is 2. The molecule has 5 heteroatoms. The molecule has 0 spiro atoms. The lowest BCUT2D eigenvalue weighted by atomic mass is 10.1. The van der Waals surface area contributed by atoms with E-state index in [9.17, 15) is 10.1 Å². The summed E-state index contributed by atoms with van der Waals surface area (Å²) in [7, 11) is 0. The maximum absolute atomic E-state index is 11.0. The molecule has 0 saturated carbocycles. The predicted molar refractivity (Wildman–Crippen MR) is 78.9 cm³/mol. The third kappa shape index (κ3) is 3.12. The molecule has 1 aromatic carbocycles. The van der Waals surface area contributed by atoms with Crippen molar-refractivity contribution in [3.8, 4) is 0 Å². The summed E-state index contributed by atoms with van der Waals surface area (Å²) in [6, 6.07) is 9.28. The van der Waals surface area contributed by atoms with Crippen LogP contribution in [0.15, 0.2) is 30.3 Å². The van der Waals surface area contributed by atoms with Crippen molar-refractivity contribution in [3.05, 3.63) is 55.8 Å². The van der Waals surface area contributed by atoms with Crippen LogP contribution in [0.4, 0.5) is 11.4 Å². The summed E-state index contributed by atoms with van der Waals surface area (Å²) in [6.07, 6.45) is 0. The summed E-state index contributed by atoms with van der Waals surface area (Å²) >= 11 is 1.70. The van der Waals surface area contributed by atoms with Crippen LogP contribution in [-0.4, -0.2) is 4.92 Å². The van der Waals surface area contributed by atoms with Gasteiger partial charge in [-0.15, -0.1) is 11.3 Å². The van der Waals surface area contributed by atoms with Gasteiger partial charge in [0, 0.05) is 15.8 Å². The Bertz CT molecular complexity index is 607. The lowest BCUT2D eigenvalue weighted by Gasteiger charge is -2.14. The Morgan fingerprint density at radius 2 is 2.00 bits per heavy atom. The van der Waals surface area contributed by atoms with Gasteiger partial charge in [0.05, 0.1) is 11.0 Å². The second-order valence-corrected chi connectivity index (χ2v) is 5.91. The summed E-state index contributed by atoms with van der Waals surface area (Å²) in [5.41, 5.74) is 1.69. The van der Waals surface area contributed by atoms with Crippen LogP contribution >= 0.6 is 11.3 Å². The fraction of sp³-hybridized carbons (Fsp3) is 0.286. The molecule has 2 aromatic rings. The fourth-order valence-electron chi connectivity index (χ4n) is 1.92. The van der Waals surface area contributed by atoms with Gasteiger partial charge in [0.1, 0.15) is 5.69 Å². The zero-order valence-electron chi connectivity index (χ0n) is 11.1. The van der Waals surface area contributed by atoms with Crippen molar-refractivity contribution in [1.82, 2.24) is 0 Å². The minimum absolute atomic E-state index is 0.0548. The van der Waals surface area contributed by atoms with Crippen LogP contribution in [0.3, 0.4) is 0 Å². The Morgan fingerprint density at radius 3 is 2.58 bits per heavy atom. The highest BCUT2D eigenvalue weighted by Gasteiger charge is 2.16. The highest BCUT2D eigenvalue weighted by Crippen LogP contribution is 2.31. The van der Waals surface area contributed by atoms with E-state index >= 15 is 0 Å². The molecule has 0 aliphatic heterocycles. The number of rotatable bonds is 4. The Kier molecular flexibility index (Phi) is 3.85. The van der Waals surface area contributed by atoms with E-state index in [1.165, 1.54) is 9.75 Å². The molecule has 19 heavy (non-hydrogen) atoms. The van der Waals surface area contributed by atoms with Gasteiger partial charge in [0.25, 0.3) is 5.69 Å². The van der Waals surface area contributed by atoms with Gasteiger partial charge in [-0.2, -0.15) is 0 Å². The van der Waals surface area contributed by atoms with Crippen LogP contribution in [0.5, 0.6) is 0 Å². The quantitative estimate of drug-likeness (QED) is 0.663. The summed E-state index contributed by atoms with van der Waals surface area (Å²) in [5, 5.41) is 14.3. The topological polar surface area (TPSA) is 55.2 Å². The Balaban J connectivity index is 2.27. The number of nitrogens with zero attached hydrogens (tertiary/aromatic N) is 1. The molecule has 1 aromatic heterocycles. The van der Waals surface area contributed by atoms with Crippen molar-refractivity contribution in [2.75, 3.05) is 5.32 Å². The van der Waals surface area contributed by atoms with Crippen molar-refractivity contribution in [1.29, 1.82) is 0 Å². The van der Waals surface area contributed by atoms with E-state index in [0.717, 1.165) is 5.56 Å². The van der Waals surface area contributed by atoms with Crippen molar-refractivity contribution in [2.45, 2.75) is 26.8 Å². The van der Waals surface area contributed by atoms with E-state index in [2.05, 4.69) is 24.4 Å². The van der Waals surface area contributed by atoms with Crippen LogP contribution in [0, 0.1) is 24.0 Å². The molecule has 2 rings (SSSR count). The van der Waals surface area contributed by atoms with Gasteiger partial charge >= 0.3 is 0 Å². The van der Waals surface area contributed by atoms with Crippen molar-refractivity contribution >= 4 is 22.7 Å². The third-order valence-electron chi connectivity index (χ3n) is 2.91. The van der Waals surface area contributed by atoms with Gasteiger partial charge in [-0.25, -0.2) is 0 Å². The van der Waals surface area contributed by atoms with Crippen molar-refractivity contribution in [3.63, 3.8) is 0 Å². The Hall–Kier alpha value is -1.88. The molecule has 1 atom stereocenters. The third-order valence-corrected chi connectivity index (χ3v) is 4.09. The summed E-state index contributed by atoms with van der Waals surface area (Å²) in [5.74, 6) is 0. The predicted octanol–water partition coefficient (Wildman–Crippen LogP) is 4.45. The second-order valence-electron chi connectivity index (χ2n) is 4.59. The number of hydrogen-bond donors (Lipinski definition) is 1. The smallest absolute Gasteiger partial charge is 0.292 e. The largest absolute Gasteiger partial charge is 0.372 e. The lowest BCUT2D eigenvalue weighted by Crippen LogP contribution is -2.07. The average Bonchev–Trinajstić information content (AvgIpc) is 2.75. The molecular weight excluding hydrogens is 260 g/mol. The lowest BCUT2D eigenvalue weighted by molar-refractivity contribution is -0.384. The summed E-state index contributed by atoms with van der Waals surface area (Å²) in [6.45, 7) is 5.99. The van der Waals surface area contributed by atoms with E-state index in [0.29, 0.717) is 5.69 Å². The van der Waals surface area contributed by atoms with Gasteiger partial charge < -0.3 is 5.32 Å². The molecule has 4 nitrogen and oxygen atoms in total. The van der Waals surface area contributed by atoms with Crippen molar-refractivity contribution < 1.29 is 4.92 Å². The molecule has 0 bridgehead atoms. The van der Waals surface area contributed by atoms with Gasteiger partial charge in [0.2, 0.25) is 0 Å². The number of nitrogens with one attached hydrogen (secondary N) is 1. The molecule has 0 aliphatic carbocycles. The second kappa shape index (κ2) is 5.40. The molecule has 1 N–H and O–H groups in total. The highest BCUT2D eigenvalue weighted by atomic mass is 32.1. The molecular formula is C14H16N2O2S. The minimum Gasteiger partial charge on any atom is -0.372 e. The summed E-state index contributed by atoms with van der Waals surface area (Å²) < 4.78 is 0. The summed E-state index contributed by atoms with van der Waals surface area (Å²) in [4.78, 5) is 13.1. The number of anilines is 1. The maximum atomic E-state index is 11.0. The molecule has 100 valence electrons. The van der Waals surface area contributed by atoms with Crippen LogP contribution in [0.2, 0.25) is 0 Å². The van der Waals surface area contributed by atoms with E-state index in [1.54, 1.807) is 23.5 Å². The first kappa shape index (κ1) is 13.5. The van der Waals surface area contributed by atoms with Gasteiger partial charge in [-0.05, 0) is 44.5 Å². The van der Waals surface area contributed by atoms with Gasteiger partial charge in [-0.3, -0.25) is 10.1 Å². The first-order valence-corrected chi connectivity index (χ1v) is 6.87. The molecule has 0 amide bonds. The van der Waals surface area contributed by atoms with E-state index in [1.807, 2.05) is 19.9 Å². The number of thiophene rings is 1. The Labute approximate surface area is 116 Å². The van der Waals surface area contributed by atoms with Crippen LogP contribution in [0.1, 0.15) is 28.3 Å². The number of nitro groups is 1. The SMILES string of the molecule is Cc1ccc([N+](=O)[O-])c(NC(C)c2ccc(C)s2)c1. The van der Waals surface area contributed by atoms with Crippen molar-refractivity contribution in [2.24, 2.45) is 0 Å². The first-order chi connectivity index (χ1) is 8.97. The average molecular weight is 276 g/mol. The van der Waals surface area contributed by atoms with Crippen LogP contribution in [0.25, 0.3) is 0 Å². The zero-order chi connectivity index (χ0) is 14.0. The fourth-order valence-corrected chi connectivity index (χ4v) is 2.79. The monoisotopic (exact) mass is 276 g/mol. The molecule has 0 saturated heterocycles. The molecule has 0 radical (unpaired) electrons. The zero-order valence-corrected chi connectivity index (χ0v) is 12.0. The normalized spacial score (nSPS) is 12.2. The number of benzene rings is 1. The van der Waals surface area contributed by atoms with Gasteiger partial charge in [-0.1, -0.05) is 6.07 Å². The molecule has 1 unspecified atom stereocenters. The van der Waals surface area contributed by atoms with E-state index in [4.69, 9.17) is 0 Å². The first-order valence-electron chi connectivity index (χ1n) is 6.05. The van der Waals surface area contributed by atoms with Gasteiger partial charge in [0.15, 0.2) is 0 Å². The number of hydrogen-bond acceptors (Lipinski definition) is 4. The number of nitro benzene ring substituents is 1. The standard InChI is InChI=1S/C14H16N2O2S/c1-9-4-6-13(16(17)18)12(8-9)15-11(3)14-7-5-10(2)19-14/h4-8,11,15H,1-3H3. The van der Waals surface area contributed by atoms with E-state index in [-0.39, 0.29) is 16.7 Å². The maximum Gasteiger partial charge on any atom is 0.292 e. The molecule has 0 aliphatic rings. The van der Waals surface area contributed by atoms with E-state index < -0.39 is 0 Å². The minimum atomic E-state index is -0.353.